The van der Waals surface area contributed by atoms with Crippen molar-refractivity contribution in [2.75, 3.05) is 20.3 Å². The van der Waals surface area contributed by atoms with Gasteiger partial charge in [-0.05, 0) is 69.2 Å². The number of thiazole rings is 1. The van der Waals surface area contributed by atoms with E-state index in [9.17, 15) is 9.59 Å². The third-order valence-electron chi connectivity index (χ3n) is 5.88. The molecule has 9 heteroatoms. The number of hydrogen-bond donors (Lipinski definition) is 0. The minimum Gasteiger partial charge on any atom is -0.493 e. The summed E-state index contributed by atoms with van der Waals surface area (Å²) in [6.07, 6.45) is 6.98. The van der Waals surface area contributed by atoms with Gasteiger partial charge >= 0.3 is 5.97 Å². The Bertz CT molecular complexity index is 1620. The first-order chi connectivity index (χ1) is 18.8. The van der Waals surface area contributed by atoms with Crippen LogP contribution in [0, 0.1) is 12.3 Å². The Morgan fingerprint density at radius 2 is 1.95 bits per heavy atom. The highest BCUT2D eigenvalue weighted by molar-refractivity contribution is 7.07. The van der Waals surface area contributed by atoms with Gasteiger partial charge in [-0.3, -0.25) is 9.36 Å². The fraction of sp³-hybridized carbons (Fsp3) is 0.300. The lowest BCUT2D eigenvalue weighted by atomic mass is 9.95. The lowest BCUT2D eigenvalue weighted by Crippen LogP contribution is -2.40. The van der Waals surface area contributed by atoms with Gasteiger partial charge in [0.25, 0.3) is 5.56 Å². The summed E-state index contributed by atoms with van der Waals surface area (Å²) in [6, 6.07) is 11.9. The van der Waals surface area contributed by atoms with Crippen molar-refractivity contribution in [3.05, 3.63) is 84.5 Å². The summed E-state index contributed by atoms with van der Waals surface area (Å²) in [5.41, 5.74) is 1.99. The molecule has 1 aromatic heterocycles. The summed E-state index contributed by atoms with van der Waals surface area (Å²) in [5, 5.41) is 0. The van der Waals surface area contributed by atoms with Crippen molar-refractivity contribution in [1.29, 1.82) is 0 Å². The third-order valence-corrected chi connectivity index (χ3v) is 6.87. The molecule has 0 fully saturated rings. The Balaban J connectivity index is 1.87. The highest BCUT2D eigenvalue weighted by Gasteiger charge is 2.34. The fourth-order valence-corrected chi connectivity index (χ4v) is 5.30. The van der Waals surface area contributed by atoms with Crippen molar-refractivity contribution < 1.29 is 23.7 Å². The van der Waals surface area contributed by atoms with Crippen LogP contribution in [0.1, 0.15) is 44.9 Å². The van der Waals surface area contributed by atoms with E-state index in [1.54, 1.807) is 51.3 Å². The number of terminal acetylenes is 1. The summed E-state index contributed by atoms with van der Waals surface area (Å²) < 4.78 is 24.3. The second-order valence-corrected chi connectivity index (χ2v) is 9.95. The summed E-state index contributed by atoms with van der Waals surface area (Å²) in [6.45, 7) is 7.71. The summed E-state index contributed by atoms with van der Waals surface area (Å²) in [5.74, 6) is 3.60. The molecule has 0 bridgehead atoms. The Kier molecular flexibility index (Phi) is 8.57. The molecular formula is C30H30N2O6S. The molecule has 39 heavy (non-hydrogen) atoms. The Morgan fingerprint density at radius 1 is 1.21 bits per heavy atom. The number of allylic oxidation sites excluding steroid dienone is 1. The molecule has 0 saturated heterocycles. The van der Waals surface area contributed by atoms with Crippen molar-refractivity contribution in [3.63, 3.8) is 0 Å². The van der Waals surface area contributed by atoms with Gasteiger partial charge < -0.3 is 18.9 Å². The van der Waals surface area contributed by atoms with Crippen LogP contribution >= 0.6 is 11.3 Å². The van der Waals surface area contributed by atoms with Gasteiger partial charge in [0.2, 0.25) is 0 Å². The molecule has 1 aliphatic heterocycles. The SMILES string of the molecule is C#CCOc1ccc(/C=c2\sc3n(c2=O)[C@@H](c2ccc(OC(C)C)c(OC)c2)C(C(=O)OCC)=C(C)N=3)cc1. The van der Waals surface area contributed by atoms with Crippen LogP contribution in [-0.2, 0) is 9.53 Å². The van der Waals surface area contributed by atoms with Gasteiger partial charge in [-0.25, -0.2) is 9.79 Å². The second-order valence-electron chi connectivity index (χ2n) is 8.94. The molecule has 2 heterocycles. The average molecular weight is 547 g/mol. The maximum atomic E-state index is 13.8. The highest BCUT2D eigenvalue weighted by atomic mass is 32.1. The first-order valence-corrected chi connectivity index (χ1v) is 13.3. The van der Waals surface area contributed by atoms with Crippen LogP contribution in [0.25, 0.3) is 6.08 Å². The van der Waals surface area contributed by atoms with Crippen LogP contribution in [-0.4, -0.2) is 37.0 Å². The summed E-state index contributed by atoms with van der Waals surface area (Å²) in [7, 11) is 1.55. The number of benzene rings is 2. The number of hydrogen-bond acceptors (Lipinski definition) is 8. The third kappa shape index (κ3) is 5.91. The molecule has 0 N–H and O–H groups in total. The molecule has 1 aliphatic rings. The largest absolute Gasteiger partial charge is 0.493 e. The van der Waals surface area contributed by atoms with E-state index in [0.717, 1.165) is 5.56 Å². The van der Waals surface area contributed by atoms with Gasteiger partial charge in [0.15, 0.2) is 16.3 Å². The number of fused-ring (bicyclic) bond motifs is 1. The van der Waals surface area contributed by atoms with Crippen molar-refractivity contribution >= 4 is 23.4 Å². The number of ether oxygens (including phenoxy) is 4. The Morgan fingerprint density at radius 3 is 2.59 bits per heavy atom. The Labute approximate surface area is 230 Å². The molecule has 2 aromatic carbocycles. The minimum atomic E-state index is -0.760. The number of esters is 1. The summed E-state index contributed by atoms with van der Waals surface area (Å²) >= 11 is 1.25. The molecule has 0 aliphatic carbocycles. The number of carbonyl (C=O) groups excluding carboxylic acids is 1. The summed E-state index contributed by atoms with van der Waals surface area (Å²) in [4.78, 5) is 32.1. The van der Waals surface area contributed by atoms with Gasteiger partial charge in [0.1, 0.15) is 12.4 Å². The van der Waals surface area contributed by atoms with Crippen LogP contribution in [0.2, 0.25) is 0 Å². The molecule has 8 nitrogen and oxygen atoms in total. The topological polar surface area (TPSA) is 88.3 Å². The van der Waals surface area contributed by atoms with E-state index < -0.39 is 12.0 Å². The predicted molar refractivity (Wildman–Crippen MR) is 150 cm³/mol. The number of aromatic nitrogens is 1. The van der Waals surface area contributed by atoms with E-state index in [2.05, 4.69) is 10.9 Å². The number of carbonyl (C=O) groups is 1. The standard InChI is InChI=1S/C30H30N2O6S/c1-7-15-37-22-12-9-20(10-13-22)16-25-28(33)32-27(21-11-14-23(38-18(3)4)24(17-21)35-6)26(29(34)36-8-2)19(5)31-30(32)39-25/h1,9-14,16-18,27H,8,15H2,2-6H3/b25-16-/t27-/m0/s1. The maximum Gasteiger partial charge on any atom is 0.338 e. The van der Waals surface area contributed by atoms with E-state index in [1.165, 1.54) is 15.9 Å². The van der Waals surface area contributed by atoms with Gasteiger partial charge in [0, 0.05) is 0 Å². The highest BCUT2D eigenvalue weighted by Crippen LogP contribution is 2.36. The smallest absolute Gasteiger partial charge is 0.338 e. The normalized spacial score (nSPS) is 14.9. The second kappa shape index (κ2) is 12.0. The minimum absolute atomic E-state index is 0.0578. The number of methoxy groups -OCH3 is 1. The van der Waals surface area contributed by atoms with Crippen LogP contribution in [0.5, 0.6) is 17.2 Å². The lowest BCUT2D eigenvalue weighted by molar-refractivity contribution is -0.139. The number of nitrogens with zero attached hydrogens (tertiary/aromatic N) is 2. The molecular weight excluding hydrogens is 516 g/mol. The van der Waals surface area contributed by atoms with E-state index in [-0.39, 0.29) is 24.9 Å². The van der Waals surface area contributed by atoms with E-state index in [0.29, 0.717) is 43.4 Å². The van der Waals surface area contributed by atoms with Crippen molar-refractivity contribution in [1.82, 2.24) is 4.57 Å². The zero-order valence-corrected chi connectivity index (χ0v) is 23.3. The van der Waals surface area contributed by atoms with E-state index >= 15 is 0 Å². The lowest BCUT2D eigenvalue weighted by Gasteiger charge is -2.25. The van der Waals surface area contributed by atoms with Gasteiger partial charge in [0.05, 0.1) is 41.7 Å². The van der Waals surface area contributed by atoms with Crippen molar-refractivity contribution in [2.45, 2.75) is 39.8 Å². The zero-order valence-electron chi connectivity index (χ0n) is 22.5. The van der Waals surface area contributed by atoms with Crippen molar-refractivity contribution in [3.8, 4) is 29.6 Å². The molecule has 4 rings (SSSR count). The quantitative estimate of drug-likeness (QED) is 0.301. The van der Waals surface area contributed by atoms with Crippen LogP contribution in [0.3, 0.4) is 0 Å². The maximum absolute atomic E-state index is 13.8. The molecule has 3 aromatic rings. The zero-order chi connectivity index (χ0) is 28.1. The molecule has 0 unspecified atom stereocenters. The molecule has 0 saturated carbocycles. The van der Waals surface area contributed by atoms with Crippen LogP contribution < -0.4 is 29.1 Å². The van der Waals surface area contributed by atoms with E-state index in [1.807, 2.05) is 32.0 Å². The predicted octanol–water partition coefficient (Wildman–Crippen LogP) is 3.61. The van der Waals surface area contributed by atoms with Crippen LogP contribution in [0.4, 0.5) is 0 Å². The molecule has 0 amide bonds. The monoisotopic (exact) mass is 546 g/mol. The van der Waals surface area contributed by atoms with Crippen molar-refractivity contribution in [2.24, 2.45) is 4.99 Å². The van der Waals surface area contributed by atoms with Gasteiger partial charge in [-0.1, -0.05) is 35.5 Å². The molecule has 0 spiro atoms. The average Bonchev–Trinajstić information content (AvgIpc) is 3.21. The van der Waals surface area contributed by atoms with E-state index in [4.69, 9.17) is 25.4 Å². The first-order valence-electron chi connectivity index (χ1n) is 12.5. The first kappa shape index (κ1) is 27.7. The van der Waals surface area contributed by atoms with Gasteiger partial charge in [-0.2, -0.15) is 0 Å². The Hall–Kier alpha value is -4.29. The fourth-order valence-electron chi connectivity index (χ4n) is 4.25. The molecule has 0 radical (unpaired) electrons. The molecule has 1 atom stereocenters. The van der Waals surface area contributed by atoms with Gasteiger partial charge in [-0.15, -0.1) is 6.42 Å². The van der Waals surface area contributed by atoms with Crippen LogP contribution in [0.15, 0.2) is 63.5 Å². The molecule has 202 valence electrons. The number of rotatable bonds is 9.